The van der Waals surface area contributed by atoms with Crippen LogP contribution < -0.4 is 16.0 Å². The van der Waals surface area contributed by atoms with E-state index in [1.54, 1.807) is 17.9 Å². The molecule has 0 fully saturated rings. The minimum absolute atomic E-state index is 0.0269. The van der Waals surface area contributed by atoms with E-state index in [4.69, 9.17) is 10.5 Å². The number of esters is 1. The van der Waals surface area contributed by atoms with Crippen LogP contribution in [0.1, 0.15) is 37.3 Å². The molecule has 0 bridgehead atoms. The molecule has 3 N–H and O–H groups in total. The molecule has 1 atom stereocenters. The van der Waals surface area contributed by atoms with Crippen molar-refractivity contribution in [3.05, 3.63) is 80.7 Å². The molecule has 7 nitrogen and oxygen atoms in total. The van der Waals surface area contributed by atoms with E-state index in [1.165, 1.54) is 0 Å². The molecule has 0 saturated heterocycles. The number of nitrogens with one attached hydrogen (secondary N) is 1. The van der Waals surface area contributed by atoms with Gasteiger partial charge in [-0.2, -0.15) is 0 Å². The van der Waals surface area contributed by atoms with Crippen LogP contribution >= 0.6 is 15.9 Å². The monoisotopic (exact) mass is 521 g/mol. The fourth-order valence-electron chi connectivity index (χ4n) is 5.33. The van der Waals surface area contributed by atoms with E-state index in [0.29, 0.717) is 41.1 Å². The molecule has 2 heterocycles. The van der Waals surface area contributed by atoms with E-state index in [-0.39, 0.29) is 30.2 Å². The molecule has 2 aromatic rings. The fraction of sp³-hybridized carbons (Fsp3) is 0.269. The van der Waals surface area contributed by atoms with E-state index >= 15 is 0 Å². The first kappa shape index (κ1) is 22.4. The van der Waals surface area contributed by atoms with E-state index in [2.05, 4.69) is 21.2 Å². The Morgan fingerprint density at radius 1 is 1.21 bits per heavy atom. The Balaban J connectivity index is 1.92. The Kier molecular flexibility index (Phi) is 5.36. The number of allylic oxidation sites excluding steroid dienone is 1. The highest BCUT2D eigenvalue weighted by molar-refractivity contribution is 9.10. The highest BCUT2D eigenvalue weighted by Crippen LogP contribution is 2.56. The molecule has 3 aliphatic rings. The van der Waals surface area contributed by atoms with Crippen molar-refractivity contribution in [2.45, 2.75) is 38.5 Å². The number of para-hydroxylation sites is 1. The Labute approximate surface area is 205 Å². The van der Waals surface area contributed by atoms with Crippen molar-refractivity contribution >= 4 is 45.0 Å². The number of ether oxygens (including phenoxy) is 1. The summed E-state index contributed by atoms with van der Waals surface area (Å²) in [4.78, 5) is 42.8. The molecule has 0 saturated carbocycles. The van der Waals surface area contributed by atoms with Crippen molar-refractivity contribution in [1.82, 2.24) is 0 Å². The van der Waals surface area contributed by atoms with E-state index in [0.717, 1.165) is 10.0 Å². The lowest BCUT2D eigenvalue weighted by Crippen LogP contribution is -2.53. The quantitative estimate of drug-likeness (QED) is 0.586. The number of nitrogens with zero attached hydrogens (tertiary/aromatic N) is 1. The first-order valence-electron chi connectivity index (χ1n) is 11.2. The SMILES string of the molecule is CCOC(=O)C1=C(N)N(c2ccccc2Br)C2=C(C(=O)CCC2)C12C(=O)Nc1ccc(C)cc12. The molecule has 0 aromatic heterocycles. The topological polar surface area (TPSA) is 102 Å². The number of hydrogen-bond acceptors (Lipinski definition) is 6. The standard InChI is InChI=1S/C26H24BrN3O4/c1-3-34-24(32)22-23(28)30(18-8-5-4-7-16(18)27)19-9-6-10-20(31)21(19)26(22)15-13-14(2)11-12-17(15)29-25(26)33/h4-5,7-8,11-13H,3,6,9-10,28H2,1-2H3,(H,29,33). The molecule has 0 radical (unpaired) electrons. The molecule has 174 valence electrons. The predicted octanol–water partition coefficient (Wildman–Crippen LogP) is 4.21. The van der Waals surface area contributed by atoms with Crippen LogP contribution in [0.2, 0.25) is 0 Å². The van der Waals surface area contributed by atoms with Gasteiger partial charge in [0.05, 0.1) is 12.3 Å². The van der Waals surface area contributed by atoms with Gasteiger partial charge in [0.1, 0.15) is 16.8 Å². The molecular weight excluding hydrogens is 498 g/mol. The van der Waals surface area contributed by atoms with Crippen LogP contribution in [0.25, 0.3) is 0 Å². The average Bonchev–Trinajstić information content (AvgIpc) is 3.07. The van der Waals surface area contributed by atoms with Gasteiger partial charge in [-0.1, -0.05) is 29.8 Å². The first-order chi connectivity index (χ1) is 16.3. The summed E-state index contributed by atoms with van der Waals surface area (Å²) in [7, 11) is 0. The second-order valence-electron chi connectivity index (χ2n) is 8.62. The number of aryl methyl sites for hydroxylation is 1. The van der Waals surface area contributed by atoms with Crippen molar-refractivity contribution in [1.29, 1.82) is 0 Å². The summed E-state index contributed by atoms with van der Waals surface area (Å²) in [6, 6.07) is 13.0. The summed E-state index contributed by atoms with van der Waals surface area (Å²) in [6.45, 7) is 3.70. The number of nitrogens with two attached hydrogens (primary N) is 1. The zero-order chi connectivity index (χ0) is 24.2. The Morgan fingerprint density at radius 3 is 2.71 bits per heavy atom. The number of amides is 1. The molecule has 1 spiro atoms. The van der Waals surface area contributed by atoms with Crippen LogP contribution in [0, 0.1) is 6.92 Å². The maximum atomic E-state index is 13.9. The Morgan fingerprint density at radius 2 is 1.97 bits per heavy atom. The number of benzene rings is 2. The normalized spacial score (nSPS) is 21.6. The zero-order valence-corrected chi connectivity index (χ0v) is 20.5. The molecule has 1 unspecified atom stereocenters. The molecule has 2 aliphatic heterocycles. The second kappa shape index (κ2) is 8.13. The third-order valence-corrected chi connectivity index (χ3v) is 7.31. The maximum absolute atomic E-state index is 13.9. The largest absolute Gasteiger partial charge is 0.462 e. The minimum Gasteiger partial charge on any atom is -0.462 e. The van der Waals surface area contributed by atoms with Crippen molar-refractivity contribution in [3.8, 4) is 0 Å². The van der Waals surface area contributed by atoms with Gasteiger partial charge in [-0.15, -0.1) is 0 Å². The molecule has 1 aliphatic carbocycles. The summed E-state index contributed by atoms with van der Waals surface area (Å²) in [5, 5.41) is 2.90. The number of rotatable bonds is 3. The number of carbonyl (C=O) groups excluding carboxylic acids is 3. The van der Waals surface area contributed by atoms with Crippen molar-refractivity contribution < 1.29 is 19.1 Å². The molecule has 5 rings (SSSR count). The lowest BCUT2D eigenvalue weighted by atomic mass is 9.63. The van der Waals surface area contributed by atoms with Gasteiger partial charge in [0.2, 0.25) is 5.91 Å². The number of Topliss-reactive ketones (excluding diaryl/α,β-unsaturated/α-hetero) is 1. The number of carbonyl (C=O) groups is 3. The Hall–Kier alpha value is -3.39. The smallest absolute Gasteiger partial charge is 0.339 e. The van der Waals surface area contributed by atoms with Crippen molar-refractivity contribution in [3.63, 3.8) is 0 Å². The van der Waals surface area contributed by atoms with Crippen molar-refractivity contribution in [2.24, 2.45) is 5.73 Å². The van der Waals surface area contributed by atoms with E-state index in [9.17, 15) is 14.4 Å². The number of hydrogen-bond donors (Lipinski definition) is 2. The number of halogens is 1. The van der Waals surface area contributed by atoms with Crippen LogP contribution in [-0.4, -0.2) is 24.3 Å². The fourth-order valence-corrected chi connectivity index (χ4v) is 5.79. The molecule has 2 aromatic carbocycles. The highest BCUT2D eigenvalue weighted by Gasteiger charge is 2.62. The van der Waals surface area contributed by atoms with Gasteiger partial charge in [-0.05, 0) is 60.8 Å². The molecule has 34 heavy (non-hydrogen) atoms. The highest BCUT2D eigenvalue weighted by atomic mass is 79.9. The van der Waals surface area contributed by atoms with Gasteiger partial charge in [-0.25, -0.2) is 4.79 Å². The number of ketones is 1. The minimum atomic E-state index is -1.66. The number of fused-ring (bicyclic) bond motifs is 3. The van der Waals surface area contributed by atoms with Crippen molar-refractivity contribution in [2.75, 3.05) is 16.8 Å². The summed E-state index contributed by atoms with van der Waals surface area (Å²) in [5.41, 5.74) is 8.72. The lowest BCUT2D eigenvalue weighted by Gasteiger charge is -2.44. The van der Waals surface area contributed by atoms with Crippen LogP contribution in [0.4, 0.5) is 11.4 Å². The zero-order valence-electron chi connectivity index (χ0n) is 18.9. The van der Waals surface area contributed by atoms with Gasteiger partial charge in [0, 0.05) is 33.4 Å². The summed E-state index contributed by atoms with van der Waals surface area (Å²) in [5.74, 6) is -1.26. The third-order valence-electron chi connectivity index (χ3n) is 6.64. The van der Waals surface area contributed by atoms with Gasteiger partial charge < -0.3 is 15.8 Å². The van der Waals surface area contributed by atoms with Crippen LogP contribution in [0.3, 0.4) is 0 Å². The van der Waals surface area contributed by atoms with Crippen LogP contribution in [0.15, 0.2) is 69.6 Å². The summed E-state index contributed by atoms with van der Waals surface area (Å²) < 4.78 is 6.18. The predicted molar refractivity (Wildman–Crippen MR) is 132 cm³/mol. The van der Waals surface area contributed by atoms with Gasteiger partial charge in [-0.3, -0.25) is 14.5 Å². The molecule has 8 heteroatoms. The van der Waals surface area contributed by atoms with Gasteiger partial charge in [0.15, 0.2) is 5.78 Å². The second-order valence-corrected chi connectivity index (χ2v) is 9.47. The summed E-state index contributed by atoms with van der Waals surface area (Å²) in [6.07, 6.45) is 1.45. The maximum Gasteiger partial charge on any atom is 0.339 e. The Bertz CT molecular complexity index is 1330. The van der Waals surface area contributed by atoms with Gasteiger partial charge >= 0.3 is 5.97 Å². The lowest BCUT2D eigenvalue weighted by molar-refractivity contribution is -0.140. The van der Waals surface area contributed by atoms with Crippen LogP contribution in [-0.2, 0) is 24.5 Å². The summed E-state index contributed by atoms with van der Waals surface area (Å²) >= 11 is 3.58. The first-order valence-corrected chi connectivity index (χ1v) is 12.0. The number of anilines is 2. The molecular formula is C26H24BrN3O4. The van der Waals surface area contributed by atoms with E-state index < -0.39 is 17.3 Å². The van der Waals surface area contributed by atoms with Gasteiger partial charge in [0.25, 0.3) is 0 Å². The van der Waals surface area contributed by atoms with Crippen LogP contribution in [0.5, 0.6) is 0 Å². The third kappa shape index (κ3) is 2.98. The average molecular weight is 522 g/mol. The van der Waals surface area contributed by atoms with E-state index in [1.807, 2.05) is 43.3 Å². The molecule has 1 amide bonds.